The van der Waals surface area contributed by atoms with E-state index in [1.807, 2.05) is 54.6 Å². The van der Waals surface area contributed by atoms with Gasteiger partial charge in [0.05, 0.1) is 6.61 Å². The number of benzene rings is 6. The molecule has 2 nitrogen and oxygen atoms in total. The lowest BCUT2D eigenvalue weighted by atomic mass is 9.99. The van der Waals surface area contributed by atoms with Crippen LogP contribution in [0.3, 0.4) is 0 Å². The third-order valence-electron chi connectivity index (χ3n) is 6.96. The molecule has 6 rings (SSSR count). The van der Waals surface area contributed by atoms with Crippen molar-refractivity contribution in [1.82, 2.24) is 0 Å². The van der Waals surface area contributed by atoms with E-state index in [9.17, 15) is 5.11 Å². The molecule has 0 saturated carbocycles. The molecule has 6 aromatic rings. The van der Waals surface area contributed by atoms with Crippen LogP contribution in [0.5, 0.6) is 11.5 Å². The van der Waals surface area contributed by atoms with Gasteiger partial charge in [-0.3, -0.25) is 0 Å². The summed E-state index contributed by atoms with van der Waals surface area (Å²) in [5.41, 5.74) is 10.3. The van der Waals surface area contributed by atoms with Crippen molar-refractivity contribution in [3.8, 4) is 56.0 Å². The largest absolute Gasteiger partial charge is 0.457 e. The maximum atomic E-state index is 9.25. The topological polar surface area (TPSA) is 29.5 Å². The standard InChI is InChI=1S/C37H28O2/c38-26-27-6-8-29(9-7-27)31-14-16-33(17-15-31)35-20-24-37(25-21-35)39-36-22-18-34(19-23-36)32-12-10-30(11-13-32)28-4-2-1-3-5-28/h1-25,38H,26H2. The van der Waals surface area contributed by atoms with Gasteiger partial charge in [0.2, 0.25) is 0 Å². The molecule has 6 aromatic carbocycles. The van der Waals surface area contributed by atoms with Gasteiger partial charge in [-0.15, -0.1) is 0 Å². The fourth-order valence-corrected chi connectivity index (χ4v) is 4.71. The second-order valence-electron chi connectivity index (χ2n) is 9.53. The van der Waals surface area contributed by atoms with E-state index in [4.69, 9.17) is 4.74 Å². The van der Waals surface area contributed by atoms with Crippen molar-refractivity contribution >= 4 is 0 Å². The Kier molecular flexibility index (Phi) is 7.03. The lowest BCUT2D eigenvalue weighted by Crippen LogP contribution is -1.86. The smallest absolute Gasteiger partial charge is 0.127 e. The molecule has 0 spiro atoms. The second kappa shape index (κ2) is 11.2. The normalized spacial score (nSPS) is 10.8. The molecule has 0 heterocycles. The van der Waals surface area contributed by atoms with Crippen LogP contribution in [0.2, 0.25) is 0 Å². The van der Waals surface area contributed by atoms with Gasteiger partial charge in [0.15, 0.2) is 0 Å². The maximum Gasteiger partial charge on any atom is 0.127 e. The highest BCUT2D eigenvalue weighted by Crippen LogP contribution is 2.30. The van der Waals surface area contributed by atoms with Gasteiger partial charge in [-0.1, -0.05) is 127 Å². The first kappa shape index (κ1) is 24.4. The van der Waals surface area contributed by atoms with Crippen LogP contribution in [0, 0.1) is 0 Å². The van der Waals surface area contributed by atoms with Crippen LogP contribution in [-0.4, -0.2) is 5.11 Å². The Labute approximate surface area is 229 Å². The van der Waals surface area contributed by atoms with Gasteiger partial charge in [-0.05, 0) is 74.3 Å². The number of hydrogen-bond donors (Lipinski definition) is 1. The second-order valence-corrected chi connectivity index (χ2v) is 9.53. The molecule has 0 atom stereocenters. The Hall–Kier alpha value is -4.92. The lowest BCUT2D eigenvalue weighted by molar-refractivity contribution is 0.282. The number of aliphatic hydroxyl groups is 1. The molecule has 1 N–H and O–H groups in total. The molecule has 0 saturated heterocycles. The maximum absolute atomic E-state index is 9.25. The summed E-state index contributed by atoms with van der Waals surface area (Å²) in [6.07, 6.45) is 0. The predicted octanol–water partition coefficient (Wildman–Crippen LogP) is 9.64. The van der Waals surface area contributed by atoms with E-state index in [-0.39, 0.29) is 6.61 Å². The van der Waals surface area contributed by atoms with Gasteiger partial charge in [0, 0.05) is 0 Å². The zero-order valence-corrected chi connectivity index (χ0v) is 21.5. The van der Waals surface area contributed by atoms with Crippen LogP contribution in [-0.2, 0) is 6.61 Å². The van der Waals surface area contributed by atoms with E-state index in [2.05, 4.69) is 97.1 Å². The van der Waals surface area contributed by atoms with E-state index < -0.39 is 0 Å². The molecule has 0 aliphatic carbocycles. The van der Waals surface area contributed by atoms with Crippen LogP contribution in [0.4, 0.5) is 0 Å². The Bertz CT molecular complexity index is 1630. The van der Waals surface area contributed by atoms with E-state index in [0.717, 1.165) is 44.9 Å². The molecule has 0 bridgehead atoms. The van der Waals surface area contributed by atoms with Gasteiger partial charge >= 0.3 is 0 Å². The van der Waals surface area contributed by atoms with Crippen LogP contribution >= 0.6 is 0 Å². The van der Waals surface area contributed by atoms with Gasteiger partial charge in [0.25, 0.3) is 0 Å². The SMILES string of the molecule is OCc1ccc(-c2ccc(-c3ccc(Oc4ccc(-c5ccc(-c6ccccc6)cc5)cc4)cc3)cc2)cc1. The predicted molar refractivity (Wildman–Crippen MR) is 161 cm³/mol. The van der Waals surface area contributed by atoms with Crippen LogP contribution in [0.1, 0.15) is 5.56 Å². The Balaban J connectivity index is 1.10. The van der Waals surface area contributed by atoms with Crippen molar-refractivity contribution in [2.75, 3.05) is 0 Å². The first-order chi connectivity index (χ1) is 19.2. The van der Waals surface area contributed by atoms with Crippen molar-refractivity contribution in [1.29, 1.82) is 0 Å². The number of hydrogen-bond acceptors (Lipinski definition) is 2. The molecule has 188 valence electrons. The van der Waals surface area contributed by atoms with Crippen molar-refractivity contribution in [2.24, 2.45) is 0 Å². The molecule has 0 aliphatic heterocycles. The Morgan fingerprint density at radius 3 is 0.949 bits per heavy atom. The summed E-state index contributed by atoms with van der Waals surface area (Å²) >= 11 is 0. The highest BCUT2D eigenvalue weighted by atomic mass is 16.5. The third-order valence-corrected chi connectivity index (χ3v) is 6.96. The molecular weight excluding hydrogens is 476 g/mol. The van der Waals surface area contributed by atoms with Gasteiger partial charge in [-0.2, -0.15) is 0 Å². The van der Waals surface area contributed by atoms with Crippen molar-refractivity contribution in [3.05, 3.63) is 157 Å². The first-order valence-electron chi connectivity index (χ1n) is 13.1. The average molecular weight is 505 g/mol. The van der Waals surface area contributed by atoms with E-state index >= 15 is 0 Å². The zero-order chi connectivity index (χ0) is 26.4. The van der Waals surface area contributed by atoms with Gasteiger partial charge in [0.1, 0.15) is 11.5 Å². The van der Waals surface area contributed by atoms with Crippen molar-refractivity contribution in [2.45, 2.75) is 6.61 Å². The summed E-state index contributed by atoms with van der Waals surface area (Å²) < 4.78 is 6.12. The fourth-order valence-electron chi connectivity index (χ4n) is 4.71. The molecule has 0 aromatic heterocycles. The average Bonchev–Trinajstić information content (AvgIpc) is 3.02. The molecule has 39 heavy (non-hydrogen) atoms. The molecule has 0 aliphatic rings. The number of ether oxygens (including phenoxy) is 1. The van der Waals surface area contributed by atoms with Gasteiger partial charge in [-0.25, -0.2) is 0 Å². The summed E-state index contributed by atoms with van der Waals surface area (Å²) in [5.74, 6) is 1.61. The Morgan fingerprint density at radius 1 is 0.333 bits per heavy atom. The van der Waals surface area contributed by atoms with Gasteiger partial charge < -0.3 is 9.84 Å². The summed E-state index contributed by atoms with van der Waals surface area (Å²) in [6.45, 7) is 0.0637. The minimum atomic E-state index is 0.0637. The fraction of sp³-hybridized carbons (Fsp3) is 0.0270. The quantitative estimate of drug-likeness (QED) is 0.234. The summed E-state index contributed by atoms with van der Waals surface area (Å²) in [5, 5.41) is 9.25. The minimum absolute atomic E-state index is 0.0637. The molecule has 0 unspecified atom stereocenters. The molecule has 0 amide bonds. The number of aliphatic hydroxyl groups excluding tert-OH is 1. The Morgan fingerprint density at radius 2 is 0.615 bits per heavy atom. The first-order valence-corrected chi connectivity index (χ1v) is 13.1. The summed E-state index contributed by atoms with van der Waals surface area (Å²) in [4.78, 5) is 0. The van der Waals surface area contributed by atoms with E-state index in [1.54, 1.807) is 0 Å². The molecule has 0 fully saturated rings. The van der Waals surface area contributed by atoms with Crippen molar-refractivity contribution < 1.29 is 9.84 Å². The van der Waals surface area contributed by atoms with Crippen molar-refractivity contribution in [3.63, 3.8) is 0 Å². The highest BCUT2D eigenvalue weighted by Gasteiger charge is 2.05. The summed E-state index contributed by atoms with van der Waals surface area (Å²) in [6, 6.07) is 52.0. The van der Waals surface area contributed by atoms with E-state index in [0.29, 0.717) is 0 Å². The van der Waals surface area contributed by atoms with Crippen LogP contribution in [0.15, 0.2) is 152 Å². The molecule has 0 radical (unpaired) electrons. The monoisotopic (exact) mass is 504 g/mol. The number of rotatable bonds is 7. The third kappa shape index (κ3) is 5.67. The highest BCUT2D eigenvalue weighted by molar-refractivity contribution is 5.72. The molecule has 2 heteroatoms. The lowest BCUT2D eigenvalue weighted by Gasteiger charge is -2.09. The zero-order valence-electron chi connectivity index (χ0n) is 21.5. The van der Waals surface area contributed by atoms with Crippen LogP contribution in [0.25, 0.3) is 44.5 Å². The van der Waals surface area contributed by atoms with Crippen LogP contribution < -0.4 is 4.74 Å². The minimum Gasteiger partial charge on any atom is -0.457 e. The summed E-state index contributed by atoms with van der Waals surface area (Å²) in [7, 11) is 0. The van der Waals surface area contributed by atoms with E-state index in [1.165, 1.54) is 16.7 Å². The molecular formula is C37H28O2.